The van der Waals surface area contributed by atoms with E-state index in [1.54, 1.807) is 12.1 Å². The number of thiophene rings is 1. The molecule has 0 amide bonds. The molecule has 0 aliphatic carbocycles. The van der Waals surface area contributed by atoms with E-state index in [0.29, 0.717) is 17.3 Å². The van der Waals surface area contributed by atoms with Crippen LogP contribution >= 0.6 is 27.3 Å². The fraction of sp³-hybridized carbons (Fsp3) is 0. The van der Waals surface area contributed by atoms with Crippen molar-refractivity contribution in [3.05, 3.63) is 45.1 Å². The van der Waals surface area contributed by atoms with Gasteiger partial charge in [-0.05, 0) is 34.1 Å². The van der Waals surface area contributed by atoms with Crippen molar-refractivity contribution in [2.24, 2.45) is 0 Å². The smallest absolute Gasteiger partial charge is 0.335 e. The van der Waals surface area contributed by atoms with Crippen LogP contribution in [0.1, 0.15) is 10.4 Å². The summed E-state index contributed by atoms with van der Waals surface area (Å²) in [6.07, 6.45) is 0. The molecule has 1 N–H and O–H groups in total. The molecule has 100 valence electrons. The van der Waals surface area contributed by atoms with Crippen molar-refractivity contribution < 1.29 is 14.4 Å². The number of hydrogen-bond donors (Lipinski definition) is 1. The zero-order chi connectivity index (χ0) is 14.1. The number of benzene rings is 1. The number of carboxylic acid groups (broad SMARTS) is 1. The predicted octanol–water partition coefficient (Wildman–Crippen LogP) is 3.93. The van der Waals surface area contributed by atoms with Crippen molar-refractivity contribution in [2.45, 2.75) is 0 Å². The molecule has 0 saturated carbocycles. The van der Waals surface area contributed by atoms with Gasteiger partial charge in [0.25, 0.3) is 5.89 Å². The van der Waals surface area contributed by atoms with Crippen LogP contribution in [0, 0.1) is 0 Å². The van der Waals surface area contributed by atoms with Crippen LogP contribution in [0.5, 0.6) is 0 Å². The maximum Gasteiger partial charge on any atom is 0.335 e. The Kier molecular flexibility index (Phi) is 3.37. The Morgan fingerprint density at radius 1 is 1.25 bits per heavy atom. The summed E-state index contributed by atoms with van der Waals surface area (Å²) in [5.74, 6) is -0.100. The molecule has 0 spiro atoms. The van der Waals surface area contributed by atoms with Crippen LogP contribution in [-0.2, 0) is 0 Å². The summed E-state index contributed by atoms with van der Waals surface area (Å²) < 4.78 is 6.19. The molecule has 0 saturated heterocycles. The lowest BCUT2D eigenvalue weighted by Gasteiger charge is -1.95. The maximum absolute atomic E-state index is 10.8. The predicted molar refractivity (Wildman–Crippen MR) is 77.7 cm³/mol. The minimum Gasteiger partial charge on any atom is -0.478 e. The van der Waals surface area contributed by atoms with Crippen LogP contribution in [0.2, 0.25) is 0 Å². The van der Waals surface area contributed by atoms with Crippen LogP contribution in [0.15, 0.2) is 44.0 Å². The van der Waals surface area contributed by atoms with E-state index in [1.165, 1.54) is 23.5 Å². The minimum atomic E-state index is -0.964. The van der Waals surface area contributed by atoms with Crippen molar-refractivity contribution in [1.29, 1.82) is 0 Å². The lowest BCUT2D eigenvalue weighted by molar-refractivity contribution is 0.0697. The van der Waals surface area contributed by atoms with E-state index in [1.807, 2.05) is 11.4 Å². The first kappa shape index (κ1) is 13.0. The fourth-order valence-corrected chi connectivity index (χ4v) is 2.77. The third-order valence-corrected chi connectivity index (χ3v) is 4.13. The summed E-state index contributed by atoms with van der Waals surface area (Å²) >= 11 is 4.91. The van der Waals surface area contributed by atoms with Gasteiger partial charge in [0.05, 0.1) is 14.9 Å². The van der Waals surface area contributed by atoms with Crippen LogP contribution in [-0.4, -0.2) is 21.2 Å². The molecule has 0 fully saturated rings. The molecule has 0 radical (unpaired) electrons. The van der Waals surface area contributed by atoms with Crippen molar-refractivity contribution in [3.63, 3.8) is 0 Å². The second kappa shape index (κ2) is 5.18. The Bertz CT molecular complexity index is 764. The van der Waals surface area contributed by atoms with Crippen molar-refractivity contribution in [2.75, 3.05) is 0 Å². The topological polar surface area (TPSA) is 76.2 Å². The zero-order valence-electron chi connectivity index (χ0n) is 9.91. The molecule has 2 aromatic heterocycles. The molecular formula is C13H7BrN2O3S. The minimum absolute atomic E-state index is 0.222. The summed E-state index contributed by atoms with van der Waals surface area (Å²) in [6.45, 7) is 0. The van der Waals surface area contributed by atoms with E-state index in [9.17, 15) is 4.79 Å². The molecular weight excluding hydrogens is 344 g/mol. The van der Waals surface area contributed by atoms with E-state index >= 15 is 0 Å². The van der Waals surface area contributed by atoms with Crippen molar-refractivity contribution in [3.8, 4) is 22.8 Å². The van der Waals surface area contributed by atoms with Gasteiger partial charge in [-0.2, -0.15) is 4.98 Å². The second-order valence-electron chi connectivity index (χ2n) is 3.95. The average Bonchev–Trinajstić information content (AvgIpc) is 3.07. The number of halogens is 1. The number of aromatic carboxylic acids is 1. The lowest BCUT2D eigenvalue weighted by atomic mass is 10.1. The van der Waals surface area contributed by atoms with E-state index < -0.39 is 5.97 Å². The molecule has 0 aliphatic rings. The van der Waals surface area contributed by atoms with Crippen LogP contribution in [0.4, 0.5) is 0 Å². The van der Waals surface area contributed by atoms with Crippen LogP contribution in [0.3, 0.4) is 0 Å². The Hall–Kier alpha value is -1.99. The van der Waals surface area contributed by atoms with Crippen molar-refractivity contribution >= 4 is 33.2 Å². The largest absolute Gasteiger partial charge is 0.478 e. The van der Waals surface area contributed by atoms with Gasteiger partial charge in [-0.15, -0.1) is 11.3 Å². The zero-order valence-corrected chi connectivity index (χ0v) is 12.3. The van der Waals surface area contributed by atoms with Crippen molar-refractivity contribution in [1.82, 2.24) is 10.1 Å². The first-order valence-corrected chi connectivity index (χ1v) is 7.22. The van der Waals surface area contributed by atoms with Gasteiger partial charge in [0.1, 0.15) is 0 Å². The third-order valence-electron chi connectivity index (χ3n) is 2.63. The highest BCUT2D eigenvalue weighted by atomic mass is 79.9. The molecule has 0 bridgehead atoms. The number of nitrogens with zero attached hydrogens (tertiary/aromatic N) is 2. The quantitative estimate of drug-likeness (QED) is 0.774. The second-order valence-corrected chi connectivity index (χ2v) is 6.24. The van der Waals surface area contributed by atoms with E-state index in [0.717, 1.165) is 9.35 Å². The first-order valence-electron chi connectivity index (χ1n) is 5.55. The van der Waals surface area contributed by atoms with Gasteiger partial charge in [0.2, 0.25) is 5.82 Å². The van der Waals surface area contributed by atoms with E-state index in [4.69, 9.17) is 9.63 Å². The molecule has 1 aromatic carbocycles. The number of hydrogen-bond acceptors (Lipinski definition) is 5. The van der Waals surface area contributed by atoms with Crippen LogP contribution in [0.25, 0.3) is 22.8 Å². The van der Waals surface area contributed by atoms with Gasteiger partial charge in [0, 0.05) is 10.9 Å². The van der Waals surface area contributed by atoms with Gasteiger partial charge < -0.3 is 9.63 Å². The molecule has 2 heterocycles. The highest BCUT2D eigenvalue weighted by molar-refractivity contribution is 9.11. The molecule has 3 aromatic rings. The molecule has 3 rings (SSSR count). The highest BCUT2D eigenvalue weighted by Gasteiger charge is 2.12. The Labute approximate surface area is 126 Å². The Balaban J connectivity index is 1.91. The number of carbonyl (C=O) groups is 1. The van der Waals surface area contributed by atoms with E-state index in [2.05, 4.69) is 26.1 Å². The molecule has 5 nitrogen and oxygen atoms in total. The molecule has 0 aliphatic heterocycles. The van der Waals surface area contributed by atoms with Gasteiger partial charge >= 0.3 is 5.97 Å². The summed E-state index contributed by atoms with van der Waals surface area (Å²) in [5.41, 5.74) is 1.78. The van der Waals surface area contributed by atoms with Crippen LogP contribution < -0.4 is 0 Å². The van der Waals surface area contributed by atoms with Gasteiger partial charge in [0.15, 0.2) is 0 Å². The van der Waals surface area contributed by atoms with Gasteiger partial charge in [-0.3, -0.25) is 0 Å². The van der Waals surface area contributed by atoms with E-state index in [-0.39, 0.29) is 5.56 Å². The highest BCUT2D eigenvalue weighted by Crippen LogP contribution is 2.29. The third kappa shape index (κ3) is 2.50. The summed E-state index contributed by atoms with van der Waals surface area (Å²) in [4.78, 5) is 15.1. The summed E-state index contributed by atoms with van der Waals surface area (Å²) in [5, 5.41) is 14.7. The Morgan fingerprint density at radius 3 is 2.60 bits per heavy atom. The van der Waals surface area contributed by atoms with Gasteiger partial charge in [-0.1, -0.05) is 17.3 Å². The maximum atomic E-state index is 10.8. The fourth-order valence-electron chi connectivity index (χ4n) is 1.64. The van der Waals surface area contributed by atoms with Gasteiger partial charge in [-0.25, -0.2) is 4.79 Å². The molecule has 20 heavy (non-hydrogen) atoms. The standard InChI is InChI=1S/C13H7BrN2O3S/c14-10-5-9(6-20-10)12-15-11(16-19-12)7-1-3-8(4-2-7)13(17)18/h1-6H,(H,17,18). The molecule has 0 atom stereocenters. The average molecular weight is 351 g/mol. The lowest BCUT2D eigenvalue weighted by Crippen LogP contribution is -1.95. The Morgan fingerprint density at radius 2 is 2.00 bits per heavy atom. The molecule has 0 unspecified atom stereocenters. The first-order chi connectivity index (χ1) is 9.63. The number of aromatic nitrogens is 2. The summed E-state index contributed by atoms with van der Waals surface area (Å²) in [6, 6.07) is 8.22. The monoisotopic (exact) mass is 350 g/mol. The number of carboxylic acids is 1. The molecule has 7 heteroatoms. The SMILES string of the molecule is O=C(O)c1ccc(-c2noc(-c3csc(Br)c3)n2)cc1. The summed E-state index contributed by atoms with van der Waals surface area (Å²) in [7, 11) is 0. The normalized spacial score (nSPS) is 10.7. The number of rotatable bonds is 3.